The van der Waals surface area contributed by atoms with Crippen LogP contribution < -0.4 is 10.6 Å². The molecule has 2 rings (SSSR count). The van der Waals surface area contributed by atoms with Crippen LogP contribution in [0, 0.1) is 0 Å². The molecule has 0 spiro atoms. The van der Waals surface area contributed by atoms with Gasteiger partial charge >= 0.3 is 6.03 Å². The van der Waals surface area contributed by atoms with E-state index < -0.39 is 0 Å². The molecule has 0 bridgehead atoms. The summed E-state index contributed by atoms with van der Waals surface area (Å²) in [6.07, 6.45) is 1.80. The number of nitrogens with one attached hydrogen (secondary N) is 2. The molecule has 1 unspecified atom stereocenters. The van der Waals surface area contributed by atoms with Crippen LogP contribution in [0.1, 0.15) is 18.9 Å². The third-order valence-corrected chi connectivity index (χ3v) is 2.91. The van der Waals surface area contributed by atoms with Gasteiger partial charge in [-0.25, -0.2) is 4.79 Å². The Morgan fingerprint density at radius 1 is 1.47 bits per heavy atom. The number of rotatable bonds is 3. The molecule has 1 atom stereocenters. The van der Waals surface area contributed by atoms with E-state index in [0.717, 1.165) is 30.7 Å². The first-order valence-corrected chi connectivity index (χ1v) is 6.02. The minimum atomic E-state index is -0.151. The first-order chi connectivity index (χ1) is 8.29. The third-order valence-electron chi connectivity index (χ3n) is 2.91. The Morgan fingerprint density at radius 2 is 2.29 bits per heavy atom. The van der Waals surface area contributed by atoms with Crippen LogP contribution >= 0.6 is 0 Å². The third kappa shape index (κ3) is 3.20. The van der Waals surface area contributed by atoms with Crippen molar-refractivity contribution in [1.29, 1.82) is 0 Å². The first kappa shape index (κ1) is 11.9. The van der Waals surface area contributed by atoms with Crippen LogP contribution in [0.4, 0.5) is 10.5 Å². The Kier molecular flexibility index (Phi) is 3.98. The smallest absolute Gasteiger partial charge is 0.319 e. The minimum Gasteiger partial charge on any atom is -0.379 e. The summed E-state index contributed by atoms with van der Waals surface area (Å²) >= 11 is 0. The lowest BCUT2D eigenvalue weighted by molar-refractivity contribution is 0.189. The van der Waals surface area contributed by atoms with Gasteiger partial charge in [-0.3, -0.25) is 0 Å². The standard InChI is InChI=1S/C13H18N2O2/c1-2-10-5-3-4-6-12(10)15-13(16)14-11-7-8-17-9-11/h3-6,11H,2,7-9H2,1H3,(H2,14,15,16). The van der Waals surface area contributed by atoms with Crippen LogP contribution in [0.3, 0.4) is 0 Å². The molecule has 2 N–H and O–H groups in total. The van der Waals surface area contributed by atoms with Crippen LogP contribution in [0.2, 0.25) is 0 Å². The van der Waals surface area contributed by atoms with Gasteiger partial charge < -0.3 is 15.4 Å². The SMILES string of the molecule is CCc1ccccc1NC(=O)NC1CCOC1. The van der Waals surface area contributed by atoms with Gasteiger partial charge in [0.15, 0.2) is 0 Å². The Balaban J connectivity index is 1.92. The second-order valence-electron chi connectivity index (χ2n) is 4.17. The number of ether oxygens (including phenoxy) is 1. The van der Waals surface area contributed by atoms with E-state index in [9.17, 15) is 4.79 Å². The summed E-state index contributed by atoms with van der Waals surface area (Å²) in [7, 11) is 0. The van der Waals surface area contributed by atoms with Crippen molar-refractivity contribution in [2.45, 2.75) is 25.8 Å². The number of carbonyl (C=O) groups is 1. The second-order valence-corrected chi connectivity index (χ2v) is 4.17. The summed E-state index contributed by atoms with van der Waals surface area (Å²) < 4.78 is 5.21. The van der Waals surface area contributed by atoms with Gasteiger partial charge in [-0.15, -0.1) is 0 Å². The van der Waals surface area contributed by atoms with Gasteiger partial charge in [0.25, 0.3) is 0 Å². The number of hydrogen-bond acceptors (Lipinski definition) is 2. The highest BCUT2D eigenvalue weighted by Gasteiger charge is 2.17. The van der Waals surface area contributed by atoms with E-state index in [0.29, 0.717) is 6.61 Å². The van der Waals surface area contributed by atoms with Gasteiger partial charge in [0.2, 0.25) is 0 Å². The molecule has 0 radical (unpaired) electrons. The van der Waals surface area contributed by atoms with E-state index in [2.05, 4.69) is 17.6 Å². The lowest BCUT2D eigenvalue weighted by Gasteiger charge is -2.13. The zero-order valence-corrected chi connectivity index (χ0v) is 10.0. The molecule has 1 heterocycles. The van der Waals surface area contributed by atoms with Gasteiger partial charge in [-0.1, -0.05) is 25.1 Å². The van der Waals surface area contributed by atoms with Crippen LogP contribution in [0.15, 0.2) is 24.3 Å². The van der Waals surface area contributed by atoms with Crippen molar-refractivity contribution in [3.05, 3.63) is 29.8 Å². The maximum absolute atomic E-state index is 11.8. The van der Waals surface area contributed by atoms with E-state index >= 15 is 0 Å². The monoisotopic (exact) mass is 234 g/mol. The average molecular weight is 234 g/mol. The van der Waals surface area contributed by atoms with Crippen LogP contribution in [0.5, 0.6) is 0 Å². The molecule has 92 valence electrons. The van der Waals surface area contributed by atoms with Crippen molar-refractivity contribution in [3.63, 3.8) is 0 Å². The molecule has 4 heteroatoms. The molecular weight excluding hydrogens is 216 g/mol. The summed E-state index contributed by atoms with van der Waals surface area (Å²) in [6.45, 7) is 3.42. The number of aryl methyl sites for hydroxylation is 1. The Labute approximate surface area is 101 Å². The highest BCUT2D eigenvalue weighted by molar-refractivity contribution is 5.90. The number of para-hydroxylation sites is 1. The highest BCUT2D eigenvalue weighted by Crippen LogP contribution is 2.15. The fourth-order valence-corrected chi connectivity index (χ4v) is 1.94. The normalized spacial score (nSPS) is 19.0. The number of hydrogen-bond donors (Lipinski definition) is 2. The van der Waals surface area contributed by atoms with Gasteiger partial charge in [0, 0.05) is 12.3 Å². The molecule has 1 aromatic carbocycles. The van der Waals surface area contributed by atoms with Gasteiger partial charge in [-0.05, 0) is 24.5 Å². The summed E-state index contributed by atoms with van der Waals surface area (Å²) in [5.41, 5.74) is 2.02. The largest absolute Gasteiger partial charge is 0.379 e. The Morgan fingerprint density at radius 3 is 3.00 bits per heavy atom. The molecule has 1 aliphatic rings. The van der Waals surface area contributed by atoms with Gasteiger partial charge in [0.1, 0.15) is 0 Å². The number of urea groups is 1. The predicted molar refractivity (Wildman–Crippen MR) is 67.2 cm³/mol. The van der Waals surface area contributed by atoms with E-state index in [1.54, 1.807) is 0 Å². The molecule has 0 aromatic heterocycles. The number of anilines is 1. The zero-order valence-electron chi connectivity index (χ0n) is 10.0. The predicted octanol–water partition coefficient (Wildman–Crippen LogP) is 2.16. The van der Waals surface area contributed by atoms with Gasteiger partial charge in [0.05, 0.1) is 12.6 Å². The van der Waals surface area contributed by atoms with Crippen LogP contribution in [0.25, 0.3) is 0 Å². The van der Waals surface area contributed by atoms with Crippen molar-refractivity contribution in [2.24, 2.45) is 0 Å². The summed E-state index contributed by atoms with van der Waals surface area (Å²) in [5, 5.41) is 5.79. The molecular formula is C13H18N2O2. The number of carbonyl (C=O) groups excluding carboxylic acids is 1. The van der Waals surface area contributed by atoms with E-state index in [4.69, 9.17) is 4.74 Å². The second kappa shape index (κ2) is 5.68. The van der Waals surface area contributed by atoms with E-state index in [1.807, 2.05) is 24.3 Å². The van der Waals surface area contributed by atoms with Crippen molar-refractivity contribution in [2.75, 3.05) is 18.5 Å². The van der Waals surface area contributed by atoms with E-state index in [-0.39, 0.29) is 12.1 Å². The minimum absolute atomic E-state index is 0.142. The molecule has 2 amide bonds. The van der Waals surface area contributed by atoms with Crippen LogP contribution in [-0.4, -0.2) is 25.3 Å². The fraction of sp³-hybridized carbons (Fsp3) is 0.462. The molecule has 17 heavy (non-hydrogen) atoms. The molecule has 0 aliphatic carbocycles. The molecule has 1 aromatic rings. The highest BCUT2D eigenvalue weighted by atomic mass is 16.5. The summed E-state index contributed by atoms with van der Waals surface area (Å²) in [6, 6.07) is 7.84. The molecule has 4 nitrogen and oxygen atoms in total. The Bertz CT molecular complexity index is 387. The molecule has 1 saturated heterocycles. The molecule has 1 fully saturated rings. The Hall–Kier alpha value is -1.55. The van der Waals surface area contributed by atoms with E-state index in [1.165, 1.54) is 0 Å². The number of benzene rings is 1. The van der Waals surface area contributed by atoms with Gasteiger partial charge in [-0.2, -0.15) is 0 Å². The quantitative estimate of drug-likeness (QED) is 0.842. The maximum Gasteiger partial charge on any atom is 0.319 e. The summed E-state index contributed by atoms with van der Waals surface area (Å²) in [4.78, 5) is 11.8. The van der Waals surface area contributed by atoms with Crippen molar-refractivity contribution in [3.8, 4) is 0 Å². The topological polar surface area (TPSA) is 50.4 Å². The van der Waals surface area contributed by atoms with Crippen LogP contribution in [-0.2, 0) is 11.2 Å². The van der Waals surface area contributed by atoms with Crippen molar-refractivity contribution >= 4 is 11.7 Å². The lowest BCUT2D eigenvalue weighted by Crippen LogP contribution is -2.38. The fourth-order valence-electron chi connectivity index (χ4n) is 1.94. The molecule has 0 saturated carbocycles. The zero-order chi connectivity index (χ0) is 12.1. The summed E-state index contributed by atoms with van der Waals surface area (Å²) in [5.74, 6) is 0. The maximum atomic E-state index is 11.8. The van der Waals surface area contributed by atoms with Crippen molar-refractivity contribution in [1.82, 2.24) is 5.32 Å². The van der Waals surface area contributed by atoms with Crippen molar-refractivity contribution < 1.29 is 9.53 Å². The number of amides is 2. The first-order valence-electron chi connectivity index (χ1n) is 6.02. The molecule has 1 aliphatic heterocycles. The average Bonchev–Trinajstić information content (AvgIpc) is 2.82. The lowest BCUT2D eigenvalue weighted by atomic mass is 10.1.